The molecule has 9 aromatic carbocycles. The van der Waals surface area contributed by atoms with E-state index in [4.69, 9.17) is 9.97 Å². The van der Waals surface area contributed by atoms with E-state index in [-0.39, 0.29) is 0 Å². The minimum Gasteiger partial charge on any atom is -0.308 e. The molecule has 0 aliphatic carbocycles. The molecule has 0 unspecified atom stereocenters. The van der Waals surface area contributed by atoms with Crippen LogP contribution in [0.1, 0.15) is 0 Å². The summed E-state index contributed by atoms with van der Waals surface area (Å²) in [5.41, 5.74) is 13.2. The van der Waals surface area contributed by atoms with Crippen molar-refractivity contribution in [2.75, 3.05) is 4.90 Å². The van der Waals surface area contributed by atoms with Crippen molar-refractivity contribution in [3.05, 3.63) is 206 Å². The van der Waals surface area contributed by atoms with Gasteiger partial charge in [-0.3, -0.25) is 4.57 Å². The number of anilines is 3. The predicted molar refractivity (Wildman–Crippen MR) is 246 cm³/mol. The van der Waals surface area contributed by atoms with Crippen LogP contribution >= 0.6 is 11.8 Å². The van der Waals surface area contributed by atoms with E-state index >= 15 is 0 Å². The monoisotopic (exact) mass is 770 g/mol. The highest BCUT2D eigenvalue weighted by Crippen LogP contribution is 2.52. The maximum Gasteiger partial charge on any atom is 0.235 e. The van der Waals surface area contributed by atoms with E-state index in [9.17, 15) is 0 Å². The molecule has 11 aromatic rings. The fourth-order valence-electron chi connectivity index (χ4n) is 8.81. The molecular weight excluding hydrogens is 737 g/mol. The summed E-state index contributed by atoms with van der Waals surface area (Å²) in [5.74, 6) is 0.656. The Morgan fingerprint density at radius 2 is 1.03 bits per heavy atom. The number of benzene rings is 9. The first-order valence-corrected chi connectivity index (χ1v) is 20.7. The van der Waals surface area contributed by atoms with E-state index in [1.807, 2.05) is 17.8 Å². The summed E-state index contributed by atoms with van der Waals surface area (Å²) in [5, 5.41) is 5.83. The summed E-state index contributed by atoms with van der Waals surface area (Å²) >= 11 is 1.83. The van der Waals surface area contributed by atoms with Crippen LogP contribution in [0.15, 0.2) is 216 Å². The molecule has 4 nitrogen and oxygen atoms in total. The Morgan fingerprint density at radius 1 is 0.390 bits per heavy atom. The van der Waals surface area contributed by atoms with Gasteiger partial charge in [-0.15, -0.1) is 0 Å². The Bertz CT molecular complexity index is 3410. The second kappa shape index (κ2) is 13.6. The Labute approximate surface area is 345 Å². The van der Waals surface area contributed by atoms with Crippen molar-refractivity contribution in [1.29, 1.82) is 0 Å². The summed E-state index contributed by atoms with van der Waals surface area (Å²) in [6.07, 6.45) is 0. The van der Waals surface area contributed by atoms with E-state index in [1.54, 1.807) is 0 Å². The second-order valence-corrected chi connectivity index (χ2v) is 16.1. The van der Waals surface area contributed by atoms with Gasteiger partial charge in [0, 0.05) is 37.2 Å². The molecule has 3 heterocycles. The number of nitrogens with zero attached hydrogens (tertiary/aromatic N) is 4. The zero-order valence-electron chi connectivity index (χ0n) is 31.8. The third kappa shape index (κ3) is 5.54. The number of rotatable bonds is 5. The molecule has 276 valence electrons. The van der Waals surface area contributed by atoms with Crippen molar-refractivity contribution < 1.29 is 0 Å². The molecular formula is C54H34N4S. The van der Waals surface area contributed by atoms with Gasteiger partial charge < -0.3 is 4.90 Å². The Kier molecular flexibility index (Phi) is 7.75. The van der Waals surface area contributed by atoms with Crippen LogP contribution in [-0.4, -0.2) is 14.5 Å². The van der Waals surface area contributed by atoms with Gasteiger partial charge in [-0.25, -0.2) is 9.97 Å². The molecule has 0 bridgehead atoms. The smallest absolute Gasteiger partial charge is 0.235 e. The SMILES string of the molecule is c1ccc(-c2nc(-n3c4cc(-c5ccc(-c6ccc7c(c6)N(c6ccccc6)c6ccccc6S7)cc5)ccc4c4c5ccccc5ccc43)nc3ccccc23)cc1. The van der Waals surface area contributed by atoms with Crippen molar-refractivity contribution in [2.24, 2.45) is 0 Å². The first kappa shape index (κ1) is 33.6. The van der Waals surface area contributed by atoms with Gasteiger partial charge in [0.05, 0.1) is 33.6 Å². The summed E-state index contributed by atoms with van der Waals surface area (Å²) in [7, 11) is 0. The van der Waals surface area contributed by atoms with E-state index in [1.165, 1.54) is 53.8 Å². The maximum absolute atomic E-state index is 5.36. The molecule has 2 aromatic heterocycles. The molecule has 12 rings (SSSR count). The minimum atomic E-state index is 0.656. The highest BCUT2D eigenvalue weighted by atomic mass is 32.2. The average Bonchev–Trinajstić information content (AvgIpc) is 3.65. The molecule has 5 heteroatoms. The number of fused-ring (bicyclic) bond motifs is 8. The molecule has 0 radical (unpaired) electrons. The molecule has 0 spiro atoms. The lowest BCUT2D eigenvalue weighted by atomic mass is 9.98. The van der Waals surface area contributed by atoms with Crippen LogP contribution in [-0.2, 0) is 0 Å². The fourth-order valence-corrected chi connectivity index (χ4v) is 9.85. The first-order valence-electron chi connectivity index (χ1n) is 19.9. The first-order chi connectivity index (χ1) is 29.2. The van der Waals surface area contributed by atoms with Crippen LogP contribution in [0.4, 0.5) is 17.1 Å². The lowest BCUT2D eigenvalue weighted by Crippen LogP contribution is -2.14. The Morgan fingerprint density at radius 3 is 1.86 bits per heavy atom. The van der Waals surface area contributed by atoms with Crippen molar-refractivity contribution in [1.82, 2.24) is 14.5 Å². The summed E-state index contributed by atoms with van der Waals surface area (Å²) in [6, 6.07) is 73.9. The number of hydrogen-bond acceptors (Lipinski definition) is 4. The van der Waals surface area contributed by atoms with Crippen molar-refractivity contribution >= 4 is 72.3 Å². The van der Waals surface area contributed by atoms with Crippen LogP contribution in [0.5, 0.6) is 0 Å². The van der Waals surface area contributed by atoms with Gasteiger partial charge in [0.2, 0.25) is 5.95 Å². The zero-order valence-corrected chi connectivity index (χ0v) is 32.6. The van der Waals surface area contributed by atoms with Crippen molar-refractivity contribution in [3.8, 4) is 39.5 Å². The quantitative estimate of drug-likeness (QED) is 0.175. The number of para-hydroxylation sites is 3. The van der Waals surface area contributed by atoms with E-state index in [0.717, 1.165) is 50.0 Å². The van der Waals surface area contributed by atoms with Gasteiger partial charge >= 0.3 is 0 Å². The molecule has 1 aliphatic rings. The molecule has 0 fully saturated rings. The maximum atomic E-state index is 5.36. The molecule has 0 atom stereocenters. The Balaban J connectivity index is 0.994. The lowest BCUT2D eigenvalue weighted by molar-refractivity contribution is 1.01. The predicted octanol–water partition coefficient (Wildman–Crippen LogP) is 14.8. The summed E-state index contributed by atoms with van der Waals surface area (Å²) in [4.78, 5) is 15.5. The highest BCUT2D eigenvalue weighted by Gasteiger charge is 2.25. The van der Waals surface area contributed by atoms with Gasteiger partial charge in [0.15, 0.2) is 0 Å². The fraction of sp³-hybridized carbons (Fsp3) is 0. The number of aromatic nitrogens is 3. The molecule has 0 amide bonds. The Hall–Kier alpha value is -7.47. The number of hydrogen-bond donors (Lipinski definition) is 0. The topological polar surface area (TPSA) is 34.0 Å². The van der Waals surface area contributed by atoms with Gasteiger partial charge in [-0.1, -0.05) is 163 Å². The van der Waals surface area contributed by atoms with E-state index in [0.29, 0.717) is 5.95 Å². The normalized spacial score (nSPS) is 12.3. The van der Waals surface area contributed by atoms with Crippen LogP contribution in [0.25, 0.3) is 82.9 Å². The van der Waals surface area contributed by atoms with Gasteiger partial charge in [0.1, 0.15) is 0 Å². The van der Waals surface area contributed by atoms with Crippen LogP contribution in [0.2, 0.25) is 0 Å². The molecule has 0 N–H and O–H groups in total. The molecule has 1 aliphatic heterocycles. The third-order valence-corrected chi connectivity index (χ3v) is 12.7. The van der Waals surface area contributed by atoms with Crippen LogP contribution in [0, 0.1) is 0 Å². The second-order valence-electron chi connectivity index (χ2n) is 15.0. The van der Waals surface area contributed by atoms with Crippen molar-refractivity contribution in [2.45, 2.75) is 9.79 Å². The summed E-state index contributed by atoms with van der Waals surface area (Å²) < 4.78 is 2.26. The zero-order chi connectivity index (χ0) is 38.9. The molecule has 59 heavy (non-hydrogen) atoms. The average molecular weight is 771 g/mol. The summed E-state index contributed by atoms with van der Waals surface area (Å²) in [6.45, 7) is 0. The lowest BCUT2D eigenvalue weighted by Gasteiger charge is -2.33. The molecule has 0 saturated heterocycles. The van der Waals surface area contributed by atoms with Crippen molar-refractivity contribution in [3.63, 3.8) is 0 Å². The third-order valence-electron chi connectivity index (χ3n) is 11.6. The standard InChI is InChI=1S/C54H34N4S/c1-3-14-38(15-4-1)53-43-19-9-10-20-45(43)55-54(56-53)58-47-31-28-37-13-7-8-18-42(37)52(47)44-30-27-39(33-48(44)58)35-23-25-36(26-24-35)40-29-32-51-49(34-40)57(41-16-5-2-6-17-41)46-21-11-12-22-50(46)59-51/h1-34H. The minimum absolute atomic E-state index is 0.656. The van der Waals surface area contributed by atoms with Gasteiger partial charge in [-0.05, 0) is 87.6 Å². The van der Waals surface area contributed by atoms with Gasteiger partial charge in [-0.2, -0.15) is 0 Å². The van der Waals surface area contributed by atoms with Crippen LogP contribution in [0.3, 0.4) is 0 Å². The van der Waals surface area contributed by atoms with Crippen LogP contribution < -0.4 is 4.90 Å². The highest BCUT2D eigenvalue weighted by molar-refractivity contribution is 7.99. The van der Waals surface area contributed by atoms with E-state index < -0.39 is 0 Å². The molecule has 0 saturated carbocycles. The van der Waals surface area contributed by atoms with E-state index in [2.05, 4.69) is 210 Å². The van der Waals surface area contributed by atoms with Gasteiger partial charge in [0.25, 0.3) is 0 Å². The largest absolute Gasteiger partial charge is 0.308 e.